The minimum Gasteiger partial charge on any atom is -0.495 e. The van der Waals surface area contributed by atoms with E-state index in [1.165, 1.54) is 20.2 Å². The first-order valence-corrected chi connectivity index (χ1v) is 7.90. The van der Waals surface area contributed by atoms with Crippen molar-refractivity contribution in [3.8, 4) is 5.75 Å². The van der Waals surface area contributed by atoms with Gasteiger partial charge in [-0.15, -0.1) is 0 Å². The standard InChI is InChI=1S/C16H18ClN3O5/c1-19(16(24)9-20-14(22)5-6-15(20)23)8-13(21)18-11-7-10(17)3-4-12(11)25-2/h3-4,7H,5-6,8-9H2,1-2H3,(H,18,21). The molecule has 1 fully saturated rings. The highest BCUT2D eigenvalue weighted by Gasteiger charge is 2.31. The maximum atomic E-state index is 12.1. The van der Waals surface area contributed by atoms with Gasteiger partial charge in [0.05, 0.1) is 19.3 Å². The SMILES string of the molecule is COc1ccc(Cl)cc1NC(=O)CN(C)C(=O)CN1C(=O)CCC1=O. The molecular formula is C16H18ClN3O5. The van der Waals surface area contributed by atoms with Crippen molar-refractivity contribution in [3.05, 3.63) is 23.2 Å². The van der Waals surface area contributed by atoms with Crippen molar-refractivity contribution >= 4 is 40.9 Å². The van der Waals surface area contributed by atoms with Gasteiger partial charge in [0, 0.05) is 24.9 Å². The second-order valence-electron chi connectivity index (χ2n) is 5.52. The molecule has 1 saturated heterocycles. The maximum Gasteiger partial charge on any atom is 0.244 e. The molecule has 0 spiro atoms. The van der Waals surface area contributed by atoms with Crippen molar-refractivity contribution in [1.82, 2.24) is 9.80 Å². The Morgan fingerprint density at radius 2 is 1.92 bits per heavy atom. The van der Waals surface area contributed by atoms with E-state index in [0.29, 0.717) is 16.5 Å². The van der Waals surface area contributed by atoms with Crippen molar-refractivity contribution < 1.29 is 23.9 Å². The highest BCUT2D eigenvalue weighted by atomic mass is 35.5. The van der Waals surface area contributed by atoms with Gasteiger partial charge < -0.3 is 15.0 Å². The Morgan fingerprint density at radius 3 is 2.52 bits per heavy atom. The Balaban J connectivity index is 1.93. The molecule has 0 bridgehead atoms. The van der Waals surface area contributed by atoms with Crippen LogP contribution in [0.2, 0.25) is 5.02 Å². The number of benzene rings is 1. The predicted molar refractivity (Wildman–Crippen MR) is 90.2 cm³/mol. The lowest BCUT2D eigenvalue weighted by Crippen LogP contribution is -2.43. The quantitative estimate of drug-likeness (QED) is 0.753. The lowest BCUT2D eigenvalue weighted by atomic mass is 10.3. The Labute approximate surface area is 149 Å². The molecular weight excluding hydrogens is 350 g/mol. The Morgan fingerprint density at radius 1 is 1.28 bits per heavy atom. The Kier molecular flexibility index (Phi) is 5.97. The number of anilines is 1. The molecule has 9 heteroatoms. The third-order valence-electron chi connectivity index (χ3n) is 3.69. The van der Waals surface area contributed by atoms with E-state index < -0.39 is 11.8 Å². The van der Waals surface area contributed by atoms with Crippen molar-refractivity contribution in [1.29, 1.82) is 0 Å². The molecule has 0 saturated carbocycles. The van der Waals surface area contributed by atoms with Gasteiger partial charge in [0.2, 0.25) is 23.6 Å². The van der Waals surface area contributed by atoms with Crippen molar-refractivity contribution in [2.45, 2.75) is 12.8 Å². The number of hydrogen-bond acceptors (Lipinski definition) is 5. The average molecular weight is 368 g/mol. The largest absolute Gasteiger partial charge is 0.495 e. The van der Waals surface area contributed by atoms with E-state index in [2.05, 4.69) is 5.32 Å². The lowest BCUT2D eigenvalue weighted by molar-refractivity contribution is -0.145. The number of amides is 4. The predicted octanol–water partition coefficient (Wildman–Crippen LogP) is 0.894. The van der Waals surface area contributed by atoms with Gasteiger partial charge in [-0.1, -0.05) is 11.6 Å². The van der Waals surface area contributed by atoms with E-state index in [-0.39, 0.29) is 37.7 Å². The Bertz CT molecular complexity index is 706. The van der Waals surface area contributed by atoms with Crippen LogP contribution in [0.4, 0.5) is 5.69 Å². The van der Waals surface area contributed by atoms with E-state index in [0.717, 1.165) is 9.80 Å². The minimum atomic E-state index is -0.503. The molecule has 0 aromatic heterocycles. The molecule has 1 N–H and O–H groups in total. The number of hydrogen-bond donors (Lipinski definition) is 1. The molecule has 134 valence electrons. The second-order valence-corrected chi connectivity index (χ2v) is 5.95. The first kappa shape index (κ1) is 18.7. The summed E-state index contributed by atoms with van der Waals surface area (Å²) in [4.78, 5) is 49.4. The number of nitrogens with zero attached hydrogens (tertiary/aromatic N) is 2. The van der Waals surface area contributed by atoms with Gasteiger partial charge in [0.25, 0.3) is 0 Å². The Hall–Kier alpha value is -2.61. The summed E-state index contributed by atoms with van der Waals surface area (Å²) in [5.41, 5.74) is 0.380. The summed E-state index contributed by atoms with van der Waals surface area (Å²) >= 11 is 5.90. The van der Waals surface area contributed by atoms with Gasteiger partial charge in [-0.2, -0.15) is 0 Å². The fourth-order valence-electron chi connectivity index (χ4n) is 2.33. The first-order valence-electron chi connectivity index (χ1n) is 7.52. The molecule has 2 rings (SSSR count). The summed E-state index contributed by atoms with van der Waals surface area (Å²) in [7, 11) is 2.88. The van der Waals surface area contributed by atoms with E-state index in [1.807, 2.05) is 0 Å². The number of rotatable bonds is 6. The fourth-order valence-corrected chi connectivity index (χ4v) is 2.50. The van der Waals surface area contributed by atoms with Crippen LogP contribution in [0.5, 0.6) is 5.75 Å². The number of imide groups is 1. The topological polar surface area (TPSA) is 96.0 Å². The molecule has 0 aliphatic carbocycles. The smallest absolute Gasteiger partial charge is 0.244 e. The van der Waals surface area contributed by atoms with Crippen LogP contribution in [-0.2, 0) is 19.2 Å². The summed E-state index contributed by atoms with van der Waals surface area (Å²) < 4.78 is 5.13. The van der Waals surface area contributed by atoms with Gasteiger partial charge in [-0.3, -0.25) is 24.1 Å². The number of likely N-dealkylation sites (tertiary alicyclic amines) is 1. The number of halogens is 1. The van der Waals surface area contributed by atoms with E-state index >= 15 is 0 Å². The zero-order valence-electron chi connectivity index (χ0n) is 13.9. The van der Waals surface area contributed by atoms with Gasteiger partial charge in [0.1, 0.15) is 12.3 Å². The molecule has 4 amide bonds. The van der Waals surface area contributed by atoms with E-state index in [1.54, 1.807) is 12.1 Å². The van der Waals surface area contributed by atoms with Crippen LogP contribution in [0.25, 0.3) is 0 Å². The summed E-state index contributed by atoms with van der Waals surface area (Å²) in [6, 6.07) is 4.76. The molecule has 0 unspecified atom stereocenters. The lowest BCUT2D eigenvalue weighted by Gasteiger charge is -2.20. The van der Waals surface area contributed by atoms with Gasteiger partial charge in [-0.25, -0.2) is 0 Å². The van der Waals surface area contributed by atoms with Gasteiger partial charge in [-0.05, 0) is 18.2 Å². The maximum absolute atomic E-state index is 12.1. The number of methoxy groups -OCH3 is 1. The molecule has 1 aliphatic heterocycles. The monoisotopic (exact) mass is 367 g/mol. The normalized spacial score (nSPS) is 13.8. The van der Waals surface area contributed by atoms with Crippen LogP contribution in [0.1, 0.15) is 12.8 Å². The van der Waals surface area contributed by atoms with Crippen molar-refractivity contribution in [3.63, 3.8) is 0 Å². The van der Waals surface area contributed by atoms with Crippen LogP contribution in [0.3, 0.4) is 0 Å². The molecule has 1 aliphatic rings. The van der Waals surface area contributed by atoms with Crippen molar-refractivity contribution in [2.24, 2.45) is 0 Å². The molecule has 1 aromatic carbocycles. The van der Waals surface area contributed by atoms with Crippen LogP contribution in [0.15, 0.2) is 18.2 Å². The van der Waals surface area contributed by atoms with Crippen LogP contribution in [0, 0.1) is 0 Å². The third-order valence-corrected chi connectivity index (χ3v) is 3.93. The average Bonchev–Trinajstić information content (AvgIpc) is 2.86. The number of likely N-dealkylation sites (N-methyl/N-ethyl adjacent to an activating group) is 1. The molecule has 0 radical (unpaired) electrons. The summed E-state index contributed by atoms with van der Waals surface area (Å²) in [5, 5.41) is 3.03. The summed E-state index contributed by atoms with van der Waals surface area (Å²) in [6.45, 7) is -0.605. The van der Waals surface area contributed by atoms with Crippen LogP contribution in [-0.4, -0.2) is 60.7 Å². The van der Waals surface area contributed by atoms with Crippen LogP contribution < -0.4 is 10.1 Å². The third kappa shape index (κ3) is 4.69. The number of nitrogens with one attached hydrogen (secondary N) is 1. The summed E-state index contributed by atoms with van der Waals surface area (Å²) in [5.74, 6) is -1.29. The number of carbonyl (C=O) groups is 4. The first-order chi connectivity index (χ1) is 11.8. The van der Waals surface area contributed by atoms with E-state index in [9.17, 15) is 19.2 Å². The molecule has 8 nitrogen and oxygen atoms in total. The van der Waals surface area contributed by atoms with Crippen molar-refractivity contribution in [2.75, 3.05) is 32.6 Å². The van der Waals surface area contributed by atoms with Gasteiger partial charge >= 0.3 is 0 Å². The zero-order chi connectivity index (χ0) is 18.6. The fraction of sp³-hybridized carbons (Fsp3) is 0.375. The summed E-state index contributed by atoms with van der Waals surface area (Å²) in [6.07, 6.45) is 0.232. The van der Waals surface area contributed by atoms with Gasteiger partial charge in [0.15, 0.2) is 0 Å². The van der Waals surface area contributed by atoms with E-state index in [4.69, 9.17) is 16.3 Å². The second kappa shape index (κ2) is 7.98. The molecule has 0 atom stereocenters. The highest BCUT2D eigenvalue weighted by Crippen LogP contribution is 2.27. The molecule has 1 aromatic rings. The highest BCUT2D eigenvalue weighted by molar-refractivity contribution is 6.31. The number of ether oxygens (including phenoxy) is 1. The van der Waals surface area contributed by atoms with Crippen LogP contribution >= 0.6 is 11.6 Å². The zero-order valence-corrected chi connectivity index (χ0v) is 14.6. The minimum absolute atomic E-state index is 0.116. The molecule has 1 heterocycles. The number of carbonyl (C=O) groups excluding carboxylic acids is 4. The molecule has 25 heavy (non-hydrogen) atoms.